The number of H-pyrrole nitrogens is 1. The van der Waals surface area contributed by atoms with E-state index in [9.17, 15) is 4.79 Å². The molecule has 0 atom stereocenters. The topological polar surface area (TPSA) is 66.3 Å². The molecule has 0 saturated carbocycles. The smallest absolute Gasteiger partial charge is 0.257 e. The molecule has 0 radical (unpaired) electrons. The van der Waals surface area contributed by atoms with Crippen LogP contribution in [0.3, 0.4) is 0 Å². The highest BCUT2D eigenvalue weighted by Crippen LogP contribution is 2.24. The zero-order valence-corrected chi connectivity index (χ0v) is 14.0. The average Bonchev–Trinajstić information content (AvgIpc) is 3.20. The Balaban J connectivity index is 1.61. The number of nitrogens with one attached hydrogen (secondary N) is 1. The second-order valence-electron chi connectivity index (χ2n) is 6.54. The van der Waals surface area contributed by atoms with Gasteiger partial charge in [0.1, 0.15) is 0 Å². The van der Waals surface area contributed by atoms with E-state index in [1.807, 2.05) is 32.3 Å². The zero-order chi connectivity index (χ0) is 16.7. The van der Waals surface area contributed by atoms with Gasteiger partial charge in [0.2, 0.25) is 0 Å². The van der Waals surface area contributed by atoms with Crippen molar-refractivity contribution in [2.75, 3.05) is 7.05 Å². The van der Waals surface area contributed by atoms with Gasteiger partial charge in [0.15, 0.2) is 0 Å². The maximum absolute atomic E-state index is 12.9. The first-order valence-electron chi connectivity index (χ1n) is 8.38. The standard InChI is InChI=1S/C18H21N5O/c1-12-6-5-9-23-17(12)14(10-19-23)18(24)22(2)11-16-13-7-3-4-8-15(13)20-21-16/h5-6,9-10H,3-4,7-8,11H2,1-2H3,(H,20,21). The van der Waals surface area contributed by atoms with E-state index in [4.69, 9.17) is 0 Å². The van der Waals surface area contributed by atoms with Crippen LogP contribution in [0.5, 0.6) is 0 Å². The number of aromatic amines is 1. The van der Waals surface area contributed by atoms with Crippen molar-refractivity contribution in [1.29, 1.82) is 0 Å². The Morgan fingerprint density at radius 3 is 3.08 bits per heavy atom. The number of pyridine rings is 1. The van der Waals surface area contributed by atoms with Gasteiger partial charge < -0.3 is 4.90 Å². The number of carbonyl (C=O) groups is 1. The number of carbonyl (C=O) groups excluding carboxylic acids is 1. The maximum atomic E-state index is 12.9. The SMILES string of the molecule is Cc1cccn2ncc(C(=O)N(C)Cc3n[nH]c4c3CCCC4)c12. The Bertz CT molecular complexity index is 907. The van der Waals surface area contributed by atoms with E-state index >= 15 is 0 Å². The van der Waals surface area contributed by atoms with Crippen molar-refractivity contribution in [3.8, 4) is 0 Å². The number of nitrogens with zero attached hydrogens (tertiary/aromatic N) is 4. The largest absolute Gasteiger partial charge is 0.336 e. The molecule has 0 aliphatic heterocycles. The van der Waals surface area contributed by atoms with Crippen molar-refractivity contribution in [1.82, 2.24) is 24.7 Å². The quantitative estimate of drug-likeness (QED) is 0.805. The van der Waals surface area contributed by atoms with Gasteiger partial charge in [-0.3, -0.25) is 9.89 Å². The molecule has 0 bridgehead atoms. The van der Waals surface area contributed by atoms with E-state index in [0.717, 1.165) is 29.6 Å². The molecule has 6 heteroatoms. The summed E-state index contributed by atoms with van der Waals surface area (Å²) in [6.07, 6.45) is 8.05. The Morgan fingerprint density at radius 2 is 2.21 bits per heavy atom. The molecule has 1 N–H and O–H groups in total. The van der Waals surface area contributed by atoms with Crippen LogP contribution in [-0.4, -0.2) is 37.7 Å². The van der Waals surface area contributed by atoms with Gasteiger partial charge in [-0.25, -0.2) is 4.52 Å². The molecule has 1 aliphatic carbocycles. The molecule has 3 heterocycles. The second kappa shape index (κ2) is 5.78. The molecule has 0 aromatic carbocycles. The van der Waals surface area contributed by atoms with Crippen molar-refractivity contribution in [2.24, 2.45) is 0 Å². The van der Waals surface area contributed by atoms with E-state index in [-0.39, 0.29) is 5.91 Å². The molecule has 124 valence electrons. The van der Waals surface area contributed by atoms with Gasteiger partial charge in [-0.05, 0) is 49.8 Å². The molecule has 0 saturated heterocycles. The van der Waals surface area contributed by atoms with Crippen molar-refractivity contribution >= 4 is 11.4 Å². The summed E-state index contributed by atoms with van der Waals surface area (Å²) >= 11 is 0. The van der Waals surface area contributed by atoms with Crippen molar-refractivity contribution in [3.05, 3.63) is 52.6 Å². The van der Waals surface area contributed by atoms with Gasteiger partial charge in [0, 0.05) is 18.9 Å². The highest BCUT2D eigenvalue weighted by atomic mass is 16.2. The first-order chi connectivity index (χ1) is 11.6. The fourth-order valence-corrected chi connectivity index (χ4v) is 3.56. The summed E-state index contributed by atoms with van der Waals surface area (Å²) in [5.74, 6) is -0.0214. The van der Waals surface area contributed by atoms with Gasteiger partial charge in [0.25, 0.3) is 5.91 Å². The lowest BCUT2D eigenvalue weighted by molar-refractivity contribution is 0.0785. The number of fused-ring (bicyclic) bond motifs is 2. The van der Waals surface area contributed by atoms with Crippen LogP contribution in [-0.2, 0) is 19.4 Å². The summed E-state index contributed by atoms with van der Waals surface area (Å²) < 4.78 is 1.76. The highest BCUT2D eigenvalue weighted by Gasteiger charge is 2.22. The Labute approximate surface area is 140 Å². The van der Waals surface area contributed by atoms with Crippen molar-refractivity contribution in [3.63, 3.8) is 0 Å². The molecule has 0 unspecified atom stereocenters. The van der Waals surface area contributed by atoms with E-state index in [2.05, 4.69) is 15.3 Å². The molecule has 24 heavy (non-hydrogen) atoms. The minimum atomic E-state index is -0.0214. The third-order valence-corrected chi connectivity index (χ3v) is 4.85. The summed E-state index contributed by atoms with van der Waals surface area (Å²) in [4.78, 5) is 14.6. The maximum Gasteiger partial charge on any atom is 0.257 e. The molecule has 4 rings (SSSR count). The molecule has 6 nitrogen and oxygen atoms in total. The molecule has 3 aromatic heterocycles. The van der Waals surface area contributed by atoms with E-state index in [0.29, 0.717) is 12.1 Å². The molecule has 0 spiro atoms. The number of amides is 1. The predicted molar refractivity (Wildman–Crippen MR) is 91.0 cm³/mol. The number of rotatable bonds is 3. The van der Waals surface area contributed by atoms with E-state index in [1.54, 1.807) is 15.6 Å². The van der Waals surface area contributed by atoms with Crippen LogP contribution in [0.15, 0.2) is 24.5 Å². The van der Waals surface area contributed by atoms with Gasteiger partial charge in [-0.15, -0.1) is 0 Å². The molecule has 3 aromatic rings. The van der Waals surface area contributed by atoms with Gasteiger partial charge in [-0.2, -0.15) is 10.2 Å². The van der Waals surface area contributed by atoms with Crippen LogP contribution in [0, 0.1) is 6.92 Å². The van der Waals surface area contributed by atoms with Crippen LogP contribution >= 0.6 is 0 Å². The number of aromatic nitrogens is 4. The predicted octanol–water partition coefficient (Wildman–Crippen LogP) is 2.52. The molecule has 1 amide bonds. The van der Waals surface area contributed by atoms with Crippen LogP contribution in [0.25, 0.3) is 5.52 Å². The summed E-state index contributed by atoms with van der Waals surface area (Å²) in [6, 6.07) is 3.93. The normalized spacial score (nSPS) is 13.9. The number of hydrogen-bond donors (Lipinski definition) is 1. The first kappa shape index (κ1) is 14.9. The van der Waals surface area contributed by atoms with Crippen molar-refractivity contribution in [2.45, 2.75) is 39.2 Å². The van der Waals surface area contributed by atoms with E-state index < -0.39 is 0 Å². The lowest BCUT2D eigenvalue weighted by Crippen LogP contribution is -2.27. The van der Waals surface area contributed by atoms with Crippen LogP contribution < -0.4 is 0 Å². The van der Waals surface area contributed by atoms with Gasteiger partial charge in [-0.1, -0.05) is 6.07 Å². The molecule has 0 fully saturated rings. The minimum Gasteiger partial charge on any atom is -0.336 e. The highest BCUT2D eigenvalue weighted by molar-refractivity contribution is 6.01. The molecular formula is C18H21N5O. The average molecular weight is 323 g/mol. The van der Waals surface area contributed by atoms with Gasteiger partial charge >= 0.3 is 0 Å². The van der Waals surface area contributed by atoms with E-state index in [1.165, 1.54) is 24.1 Å². The first-order valence-corrected chi connectivity index (χ1v) is 8.38. The lowest BCUT2D eigenvalue weighted by Gasteiger charge is -2.18. The fraction of sp³-hybridized carbons (Fsp3) is 0.389. The Kier molecular flexibility index (Phi) is 3.59. The number of hydrogen-bond acceptors (Lipinski definition) is 3. The fourth-order valence-electron chi connectivity index (χ4n) is 3.56. The summed E-state index contributed by atoms with van der Waals surface area (Å²) in [6.45, 7) is 2.52. The van der Waals surface area contributed by atoms with Crippen LogP contribution in [0.4, 0.5) is 0 Å². The third kappa shape index (κ3) is 2.38. The summed E-state index contributed by atoms with van der Waals surface area (Å²) in [7, 11) is 1.83. The van der Waals surface area contributed by atoms with Crippen molar-refractivity contribution < 1.29 is 4.79 Å². The monoisotopic (exact) mass is 323 g/mol. The second-order valence-corrected chi connectivity index (χ2v) is 6.54. The molecular weight excluding hydrogens is 302 g/mol. The van der Waals surface area contributed by atoms with Gasteiger partial charge in [0.05, 0.1) is 29.5 Å². The minimum absolute atomic E-state index is 0.0214. The lowest BCUT2D eigenvalue weighted by atomic mass is 9.96. The molecule has 1 aliphatic rings. The number of aryl methyl sites for hydroxylation is 2. The Hall–Kier alpha value is -2.63. The van der Waals surface area contributed by atoms with Crippen LogP contribution in [0.2, 0.25) is 0 Å². The third-order valence-electron chi connectivity index (χ3n) is 4.85. The summed E-state index contributed by atoms with van der Waals surface area (Å²) in [5.41, 5.74) is 6.09. The Morgan fingerprint density at radius 1 is 1.38 bits per heavy atom. The zero-order valence-electron chi connectivity index (χ0n) is 14.0. The van der Waals surface area contributed by atoms with Crippen LogP contribution in [0.1, 0.15) is 45.7 Å². The summed E-state index contributed by atoms with van der Waals surface area (Å²) in [5, 5.41) is 11.9.